The Hall–Kier alpha value is -0.380. The van der Waals surface area contributed by atoms with Gasteiger partial charge in [0.1, 0.15) is 20.2 Å². The highest BCUT2D eigenvalue weighted by Crippen LogP contribution is 2.09. The minimum absolute atomic E-state index is 0.0196. The van der Waals surface area contributed by atoms with Crippen LogP contribution in [-0.4, -0.2) is 57.2 Å². The van der Waals surface area contributed by atoms with Gasteiger partial charge >= 0.3 is 5.97 Å². The van der Waals surface area contributed by atoms with Gasteiger partial charge in [0.2, 0.25) is 0 Å². The van der Waals surface area contributed by atoms with Crippen molar-refractivity contribution in [2.24, 2.45) is 0 Å². The summed E-state index contributed by atoms with van der Waals surface area (Å²) in [4.78, 5) is 10.1. The van der Waals surface area contributed by atoms with Crippen molar-refractivity contribution in [2.75, 3.05) is 46.1 Å². The lowest BCUT2D eigenvalue weighted by atomic mass is 10.1. The molecule has 0 aromatic heterocycles. The summed E-state index contributed by atoms with van der Waals surface area (Å²) in [5.41, 5.74) is 0. The van der Waals surface area contributed by atoms with Gasteiger partial charge in [-0.3, -0.25) is 0 Å². The first kappa shape index (κ1) is 24.6. The van der Waals surface area contributed by atoms with Crippen molar-refractivity contribution in [3.8, 4) is 0 Å². The zero-order valence-electron chi connectivity index (χ0n) is 15.2. The SMILES string of the molecule is O=C(O)COCOCOCOCOCCCCCCCCCCCS. The minimum Gasteiger partial charge on any atom is -0.480 e. The predicted octanol–water partition coefficient (Wildman–Crippen LogP) is 3.42. The highest BCUT2D eigenvalue weighted by atomic mass is 32.1. The van der Waals surface area contributed by atoms with E-state index in [-0.39, 0.29) is 33.8 Å². The summed E-state index contributed by atoms with van der Waals surface area (Å²) >= 11 is 4.21. The number of carboxylic acids is 1. The van der Waals surface area contributed by atoms with Crippen molar-refractivity contribution in [3.63, 3.8) is 0 Å². The van der Waals surface area contributed by atoms with Crippen LogP contribution in [0.2, 0.25) is 0 Å². The molecule has 0 heterocycles. The monoisotopic (exact) mass is 382 g/mol. The fourth-order valence-corrected chi connectivity index (χ4v) is 2.30. The van der Waals surface area contributed by atoms with Crippen molar-refractivity contribution < 1.29 is 33.6 Å². The molecular formula is C17H34O7S. The van der Waals surface area contributed by atoms with E-state index in [1.807, 2.05) is 0 Å². The van der Waals surface area contributed by atoms with Gasteiger partial charge in [-0.15, -0.1) is 0 Å². The van der Waals surface area contributed by atoms with E-state index in [2.05, 4.69) is 17.4 Å². The summed E-state index contributed by atoms with van der Waals surface area (Å²) in [7, 11) is 0. The summed E-state index contributed by atoms with van der Waals surface area (Å²) in [6.07, 6.45) is 11.4. The first-order valence-electron chi connectivity index (χ1n) is 8.98. The normalized spacial score (nSPS) is 11.1. The molecule has 0 saturated heterocycles. The molecule has 0 saturated carbocycles. The predicted molar refractivity (Wildman–Crippen MR) is 97.7 cm³/mol. The van der Waals surface area contributed by atoms with Crippen LogP contribution in [0, 0.1) is 0 Å². The van der Waals surface area contributed by atoms with Gasteiger partial charge in [0, 0.05) is 6.61 Å². The van der Waals surface area contributed by atoms with Crippen molar-refractivity contribution in [1.82, 2.24) is 0 Å². The molecule has 0 aromatic carbocycles. The molecule has 0 spiro atoms. The molecule has 0 amide bonds. The number of thiol groups is 1. The molecule has 0 aliphatic heterocycles. The highest BCUT2D eigenvalue weighted by molar-refractivity contribution is 7.80. The molecule has 0 aromatic rings. The first-order valence-corrected chi connectivity index (χ1v) is 9.62. The fourth-order valence-electron chi connectivity index (χ4n) is 2.08. The van der Waals surface area contributed by atoms with Crippen molar-refractivity contribution in [1.29, 1.82) is 0 Å². The zero-order chi connectivity index (χ0) is 18.4. The maximum atomic E-state index is 10.1. The summed E-state index contributed by atoms with van der Waals surface area (Å²) in [6, 6.07) is 0. The lowest BCUT2D eigenvalue weighted by Crippen LogP contribution is -2.12. The Bertz CT molecular complexity index is 280. The van der Waals surface area contributed by atoms with Crippen LogP contribution in [0.1, 0.15) is 57.8 Å². The number of carboxylic acid groups (broad SMARTS) is 1. The molecular weight excluding hydrogens is 348 g/mol. The largest absolute Gasteiger partial charge is 0.480 e. The quantitative estimate of drug-likeness (QED) is 0.179. The minimum atomic E-state index is -1.04. The van der Waals surface area contributed by atoms with Crippen LogP contribution in [0.4, 0.5) is 0 Å². The lowest BCUT2D eigenvalue weighted by molar-refractivity contribution is -0.194. The summed E-state index contributed by atoms with van der Waals surface area (Å²) in [5, 5.41) is 8.32. The molecule has 0 radical (unpaired) electrons. The first-order chi connectivity index (χ1) is 12.3. The van der Waals surface area contributed by atoms with E-state index >= 15 is 0 Å². The Morgan fingerprint density at radius 3 is 1.60 bits per heavy atom. The number of hydrogen-bond donors (Lipinski definition) is 2. The Kier molecular flexibility index (Phi) is 21.3. The maximum Gasteiger partial charge on any atom is 0.329 e. The molecule has 0 bridgehead atoms. The van der Waals surface area contributed by atoms with E-state index in [1.54, 1.807) is 0 Å². The fraction of sp³-hybridized carbons (Fsp3) is 0.941. The maximum absolute atomic E-state index is 10.1. The van der Waals surface area contributed by atoms with Gasteiger partial charge < -0.3 is 28.8 Å². The molecule has 8 heteroatoms. The highest BCUT2D eigenvalue weighted by Gasteiger charge is 1.96. The smallest absolute Gasteiger partial charge is 0.329 e. The van der Waals surface area contributed by atoms with Crippen LogP contribution in [0.25, 0.3) is 0 Å². The van der Waals surface area contributed by atoms with Gasteiger partial charge in [-0.2, -0.15) is 12.6 Å². The number of unbranched alkanes of at least 4 members (excludes halogenated alkanes) is 8. The molecule has 0 aliphatic carbocycles. The Morgan fingerprint density at radius 1 is 0.640 bits per heavy atom. The van der Waals surface area contributed by atoms with Crippen LogP contribution in [0.5, 0.6) is 0 Å². The molecule has 0 rings (SSSR count). The average molecular weight is 383 g/mol. The van der Waals surface area contributed by atoms with Gasteiger partial charge in [0.25, 0.3) is 0 Å². The number of hydrogen-bond acceptors (Lipinski definition) is 7. The third-order valence-corrected chi connectivity index (χ3v) is 3.66. The molecule has 7 nitrogen and oxygen atoms in total. The zero-order valence-corrected chi connectivity index (χ0v) is 16.1. The summed E-state index contributed by atoms with van der Waals surface area (Å²) in [5.74, 6) is -0.0300. The van der Waals surface area contributed by atoms with Crippen LogP contribution >= 0.6 is 12.6 Å². The lowest BCUT2D eigenvalue weighted by Gasteiger charge is -2.07. The third kappa shape index (κ3) is 23.6. The Labute approximate surface area is 156 Å². The standard InChI is InChI=1S/C17H34O7S/c18-17(19)12-21-14-23-16-24-15-22-13-20-10-8-6-4-2-1-3-5-7-9-11-25/h25H,1-16H2,(H,18,19). The van der Waals surface area contributed by atoms with Gasteiger partial charge in [0.15, 0.2) is 13.6 Å². The van der Waals surface area contributed by atoms with E-state index in [0.29, 0.717) is 6.61 Å². The second kappa shape index (κ2) is 21.7. The van der Waals surface area contributed by atoms with E-state index in [4.69, 9.17) is 24.1 Å². The molecule has 0 atom stereocenters. The number of rotatable bonds is 21. The van der Waals surface area contributed by atoms with Crippen LogP contribution in [0.15, 0.2) is 0 Å². The van der Waals surface area contributed by atoms with Gasteiger partial charge in [-0.25, -0.2) is 4.79 Å². The Morgan fingerprint density at radius 2 is 1.08 bits per heavy atom. The van der Waals surface area contributed by atoms with Gasteiger partial charge in [-0.05, 0) is 18.6 Å². The molecule has 1 N–H and O–H groups in total. The second-order valence-corrected chi connectivity index (χ2v) is 6.09. The molecule has 0 fully saturated rings. The van der Waals surface area contributed by atoms with Crippen molar-refractivity contribution in [3.05, 3.63) is 0 Å². The summed E-state index contributed by atoms with van der Waals surface area (Å²) < 4.78 is 25.0. The van der Waals surface area contributed by atoms with E-state index in [9.17, 15) is 4.79 Å². The van der Waals surface area contributed by atoms with Crippen LogP contribution in [-0.2, 0) is 28.5 Å². The number of aliphatic carboxylic acids is 1. The van der Waals surface area contributed by atoms with Gasteiger partial charge in [0.05, 0.1) is 0 Å². The topological polar surface area (TPSA) is 83.5 Å². The number of ether oxygens (including phenoxy) is 5. The second-order valence-electron chi connectivity index (χ2n) is 5.64. The third-order valence-electron chi connectivity index (χ3n) is 3.34. The average Bonchev–Trinajstić information content (AvgIpc) is 2.60. The molecule has 0 aliphatic rings. The van der Waals surface area contributed by atoms with E-state index in [0.717, 1.165) is 12.2 Å². The molecule has 0 unspecified atom stereocenters. The van der Waals surface area contributed by atoms with Crippen LogP contribution in [0.3, 0.4) is 0 Å². The van der Waals surface area contributed by atoms with E-state index < -0.39 is 5.97 Å². The Balaban J connectivity index is 2.97. The summed E-state index contributed by atoms with van der Waals surface area (Å²) in [6.45, 7) is 0.418. The van der Waals surface area contributed by atoms with Crippen LogP contribution < -0.4 is 0 Å². The molecule has 150 valence electrons. The van der Waals surface area contributed by atoms with E-state index in [1.165, 1.54) is 51.4 Å². The van der Waals surface area contributed by atoms with Crippen molar-refractivity contribution >= 4 is 18.6 Å². The van der Waals surface area contributed by atoms with Crippen molar-refractivity contribution in [2.45, 2.75) is 57.8 Å². The number of carbonyl (C=O) groups is 1. The molecule has 25 heavy (non-hydrogen) atoms. The van der Waals surface area contributed by atoms with Gasteiger partial charge in [-0.1, -0.05) is 44.9 Å².